The van der Waals surface area contributed by atoms with Gasteiger partial charge in [0, 0.05) is 5.92 Å². The van der Waals surface area contributed by atoms with Gasteiger partial charge in [0.2, 0.25) is 0 Å². The van der Waals surface area contributed by atoms with Gasteiger partial charge in [0.05, 0.1) is 6.61 Å². The molecule has 0 aromatic heterocycles. The van der Waals surface area contributed by atoms with E-state index < -0.39 is 0 Å². The molecule has 0 heterocycles. The molecule has 1 aliphatic rings. The number of para-hydroxylation sites is 1. The minimum atomic E-state index is 0.470. The summed E-state index contributed by atoms with van der Waals surface area (Å²) in [6.07, 6.45) is 4.29. The van der Waals surface area contributed by atoms with Crippen LogP contribution in [-0.4, -0.2) is 6.61 Å². The molecule has 1 aliphatic carbocycles. The molecule has 0 amide bonds. The van der Waals surface area contributed by atoms with E-state index in [0.29, 0.717) is 11.8 Å². The molecule has 0 saturated heterocycles. The highest BCUT2D eigenvalue weighted by molar-refractivity contribution is 5.27. The highest BCUT2D eigenvalue weighted by atomic mass is 16.5. The SMILES string of the molecule is C=C1C=C[C@H](COc2ccccc2)[C@H]1C. The minimum Gasteiger partial charge on any atom is -0.493 e. The lowest BCUT2D eigenvalue weighted by atomic mass is 9.96. The van der Waals surface area contributed by atoms with Crippen molar-refractivity contribution < 1.29 is 4.74 Å². The molecule has 0 fully saturated rings. The first kappa shape index (κ1) is 10.0. The van der Waals surface area contributed by atoms with Crippen LogP contribution in [0.25, 0.3) is 0 Å². The average molecular weight is 200 g/mol. The zero-order valence-corrected chi connectivity index (χ0v) is 9.02. The molecule has 0 saturated carbocycles. The van der Waals surface area contributed by atoms with Crippen LogP contribution in [0.4, 0.5) is 0 Å². The van der Waals surface area contributed by atoms with Gasteiger partial charge in [-0.15, -0.1) is 0 Å². The Kier molecular flexibility index (Phi) is 2.91. The van der Waals surface area contributed by atoms with E-state index in [1.807, 2.05) is 30.3 Å². The molecule has 0 radical (unpaired) electrons. The standard InChI is InChI=1S/C14H16O/c1-11-8-9-13(12(11)2)10-15-14-6-4-3-5-7-14/h3-9,12-13H,1,10H2,2H3/t12-,13+/m0/s1. The fraction of sp³-hybridized carbons (Fsp3) is 0.286. The lowest BCUT2D eigenvalue weighted by Crippen LogP contribution is -2.14. The second-order valence-electron chi connectivity index (χ2n) is 4.01. The molecule has 1 aromatic carbocycles. The van der Waals surface area contributed by atoms with Gasteiger partial charge in [-0.1, -0.05) is 49.4 Å². The van der Waals surface area contributed by atoms with E-state index >= 15 is 0 Å². The predicted molar refractivity (Wildman–Crippen MR) is 62.9 cm³/mol. The lowest BCUT2D eigenvalue weighted by molar-refractivity contribution is 0.254. The van der Waals surface area contributed by atoms with Gasteiger partial charge in [-0.25, -0.2) is 0 Å². The van der Waals surface area contributed by atoms with Crippen LogP contribution in [0, 0.1) is 11.8 Å². The number of allylic oxidation sites excluding steroid dienone is 2. The first-order valence-electron chi connectivity index (χ1n) is 5.32. The number of benzene rings is 1. The molecule has 1 aromatic rings. The molecular weight excluding hydrogens is 184 g/mol. The molecule has 0 aliphatic heterocycles. The quantitative estimate of drug-likeness (QED) is 0.726. The van der Waals surface area contributed by atoms with Crippen molar-refractivity contribution in [3.63, 3.8) is 0 Å². The summed E-state index contributed by atoms with van der Waals surface area (Å²) in [5.41, 5.74) is 1.21. The van der Waals surface area contributed by atoms with Crippen LogP contribution in [0.5, 0.6) is 5.75 Å². The zero-order valence-electron chi connectivity index (χ0n) is 9.02. The summed E-state index contributed by atoms with van der Waals surface area (Å²) < 4.78 is 5.72. The summed E-state index contributed by atoms with van der Waals surface area (Å²) in [7, 11) is 0. The maximum absolute atomic E-state index is 5.72. The second-order valence-corrected chi connectivity index (χ2v) is 4.01. The molecular formula is C14H16O. The molecule has 0 N–H and O–H groups in total. The number of ether oxygens (including phenoxy) is 1. The van der Waals surface area contributed by atoms with Crippen LogP contribution in [0.3, 0.4) is 0 Å². The normalized spacial score (nSPS) is 24.5. The lowest BCUT2D eigenvalue weighted by Gasteiger charge is -2.16. The van der Waals surface area contributed by atoms with E-state index in [1.54, 1.807) is 0 Å². The summed E-state index contributed by atoms with van der Waals surface area (Å²) in [6, 6.07) is 9.94. The molecule has 0 spiro atoms. The van der Waals surface area contributed by atoms with Crippen LogP contribution in [0.15, 0.2) is 54.6 Å². The Bertz CT molecular complexity index is 364. The average Bonchev–Trinajstić information content (AvgIpc) is 2.59. The maximum atomic E-state index is 5.72. The fourth-order valence-corrected chi connectivity index (χ4v) is 1.75. The third-order valence-corrected chi connectivity index (χ3v) is 2.97. The van der Waals surface area contributed by atoms with Crippen molar-refractivity contribution in [1.82, 2.24) is 0 Å². The number of rotatable bonds is 3. The van der Waals surface area contributed by atoms with Crippen molar-refractivity contribution in [3.8, 4) is 5.75 Å². The molecule has 2 rings (SSSR count). The molecule has 0 bridgehead atoms. The smallest absolute Gasteiger partial charge is 0.119 e. The first-order chi connectivity index (χ1) is 7.27. The minimum absolute atomic E-state index is 0.470. The Hall–Kier alpha value is -1.50. The van der Waals surface area contributed by atoms with Crippen molar-refractivity contribution in [1.29, 1.82) is 0 Å². The Balaban J connectivity index is 1.90. The highest BCUT2D eigenvalue weighted by Crippen LogP contribution is 2.28. The van der Waals surface area contributed by atoms with E-state index in [2.05, 4.69) is 25.7 Å². The van der Waals surface area contributed by atoms with Crippen LogP contribution in [0.1, 0.15) is 6.92 Å². The van der Waals surface area contributed by atoms with Gasteiger partial charge >= 0.3 is 0 Å². The fourth-order valence-electron chi connectivity index (χ4n) is 1.75. The van der Waals surface area contributed by atoms with Crippen LogP contribution >= 0.6 is 0 Å². The van der Waals surface area contributed by atoms with Crippen molar-refractivity contribution in [2.75, 3.05) is 6.61 Å². The Morgan fingerprint density at radius 2 is 2.00 bits per heavy atom. The van der Waals surface area contributed by atoms with Crippen LogP contribution in [0.2, 0.25) is 0 Å². The van der Waals surface area contributed by atoms with Crippen molar-refractivity contribution in [3.05, 3.63) is 54.6 Å². The van der Waals surface area contributed by atoms with Crippen molar-refractivity contribution in [2.45, 2.75) is 6.92 Å². The van der Waals surface area contributed by atoms with Gasteiger partial charge in [-0.3, -0.25) is 0 Å². The largest absolute Gasteiger partial charge is 0.493 e. The van der Waals surface area contributed by atoms with Gasteiger partial charge in [0.25, 0.3) is 0 Å². The Morgan fingerprint density at radius 1 is 1.27 bits per heavy atom. The van der Waals surface area contributed by atoms with Crippen molar-refractivity contribution >= 4 is 0 Å². The molecule has 78 valence electrons. The van der Waals surface area contributed by atoms with Gasteiger partial charge < -0.3 is 4.74 Å². The van der Waals surface area contributed by atoms with Crippen molar-refractivity contribution in [2.24, 2.45) is 11.8 Å². The van der Waals surface area contributed by atoms with E-state index in [0.717, 1.165) is 12.4 Å². The van der Waals surface area contributed by atoms with Gasteiger partial charge in [-0.05, 0) is 18.1 Å². The summed E-state index contributed by atoms with van der Waals surface area (Å²) in [5, 5.41) is 0. The third-order valence-electron chi connectivity index (χ3n) is 2.97. The summed E-state index contributed by atoms with van der Waals surface area (Å²) in [6.45, 7) is 6.93. The summed E-state index contributed by atoms with van der Waals surface area (Å²) >= 11 is 0. The van der Waals surface area contributed by atoms with E-state index in [1.165, 1.54) is 5.57 Å². The molecule has 0 unspecified atom stereocenters. The van der Waals surface area contributed by atoms with E-state index in [-0.39, 0.29) is 0 Å². The topological polar surface area (TPSA) is 9.23 Å². The van der Waals surface area contributed by atoms with Crippen LogP contribution < -0.4 is 4.74 Å². The Labute approximate surface area is 91.1 Å². The molecule has 1 nitrogen and oxygen atoms in total. The molecule has 1 heteroatoms. The maximum Gasteiger partial charge on any atom is 0.119 e. The zero-order chi connectivity index (χ0) is 10.7. The van der Waals surface area contributed by atoms with E-state index in [9.17, 15) is 0 Å². The van der Waals surface area contributed by atoms with Gasteiger partial charge in [0.15, 0.2) is 0 Å². The Morgan fingerprint density at radius 3 is 2.60 bits per heavy atom. The van der Waals surface area contributed by atoms with Gasteiger partial charge in [-0.2, -0.15) is 0 Å². The van der Waals surface area contributed by atoms with Gasteiger partial charge in [0.1, 0.15) is 5.75 Å². The molecule has 15 heavy (non-hydrogen) atoms. The first-order valence-corrected chi connectivity index (χ1v) is 5.32. The second kappa shape index (κ2) is 4.35. The highest BCUT2D eigenvalue weighted by Gasteiger charge is 2.21. The third kappa shape index (κ3) is 2.30. The predicted octanol–water partition coefficient (Wildman–Crippen LogP) is 3.44. The monoisotopic (exact) mass is 200 g/mol. The summed E-state index contributed by atoms with van der Waals surface area (Å²) in [5.74, 6) is 1.92. The summed E-state index contributed by atoms with van der Waals surface area (Å²) in [4.78, 5) is 0. The number of hydrogen-bond acceptors (Lipinski definition) is 1. The van der Waals surface area contributed by atoms with Crippen LogP contribution in [-0.2, 0) is 0 Å². The van der Waals surface area contributed by atoms with E-state index in [4.69, 9.17) is 4.74 Å². The molecule has 2 atom stereocenters. The number of hydrogen-bond donors (Lipinski definition) is 0.